The molecular weight excluding hydrogens is 375 g/mol. The first-order valence-electron chi connectivity index (χ1n) is 7.20. The van der Waals surface area contributed by atoms with Gasteiger partial charge in [0.25, 0.3) is 6.01 Å². The van der Waals surface area contributed by atoms with Gasteiger partial charge in [0.1, 0.15) is 23.3 Å². The predicted octanol–water partition coefficient (Wildman–Crippen LogP) is 5.05. The zero-order valence-corrected chi connectivity index (χ0v) is 14.9. The van der Waals surface area contributed by atoms with Crippen molar-refractivity contribution < 1.29 is 13.9 Å². The standard InChI is InChI=1S/C18H14BrFN2O2/c1-9-14(10(2)24-18(9)20)16-13(8-21)22(3)17(19)15(16)11-4-6-12(23)7-5-11/h4-7,23H,1-3H3. The van der Waals surface area contributed by atoms with Crippen LogP contribution in [0.25, 0.3) is 22.3 Å². The van der Waals surface area contributed by atoms with E-state index in [1.54, 1.807) is 49.7 Å². The molecule has 6 heteroatoms. The largest absolute Gasteiger partial charge is 0.508 e. The normalized spacial score (nSPS) is 10.8. The number of nitriles is 1. The molecule has 24 heavy (non-hydrogen) atoms. The van der Waals surface area contributed by atoms with E-state index in [0.29, 0.717) is 32.7 Å². The van der Waals surface area contributed by atoms with E-state index in [1.165, 1.54) is 0 Å². The summed E-state index contributed by atoms with van der Waals surface area (Å²) < 4.78 is 21.4. The van der Waals surface area contributed by atoms with Crippen LogP contribution in [0.15, 0.2) is 33.3 Å². The maximum Gasteiger partial charge on any atom is 0.281 e. The van der Waals surface area contributed by atoms with Gasteiger partial charge in [-0.3, -0.25) is 0 Å². The van der Waals surface area contributed by atoms with Gasteiger partial charge in [-0.15, -0.1) is 0 Å². The summed E-state index contributed by atoms with van der Waals surface area (Å²) in [6, 6.07) is 8.18. The van der Waals surface area contributed by atoms with Gasteiger partial charge in [0.15, 0.2) is 0 Å². The van der Waals surface area contributed by atoms with E-state index in [2.05, 4.69) is 22.0 Å². The molecule has 0 aliphatic rings. The van der Waals surface area contributed by atoms with Gasteiger partial charge in [0.2, 0.25) is 0 Å². The van der Waals surface area contributed by atoms with Crippen molar-refractivity contribution in [1.29, 1.82) is 5.26 Å². The fourth-order valence-electron chi connectivity index (χ4n) is 2.91. The van der Waals surface area contributed by atoms with Crippen LogP contribution in [0.4, 0.5) is 4.39 Å². The van der Waals surface area contributed by atoms with Gasteiger partial charge in [-0.1, -0.05) is 12.1 Å². The molecule has 0 radical (unpaired) electrons. The number of hydrogen-bond acceptors (Lipinski definition) is 3. The van der Waals surface area contributed by atoms with E-state index in [-0.39, 0.29) is 5.75 Å². The third-order valence-electron chi connectivity index (χ3n) is 4.10. The number of rotatable bonds is 2. The highest BCUT2D eigenvalue weighted by Crippen LogP contribution is 2.45. The van der Waals surface area contributed by atoms with Gasteiger partial charge in [-0.2, -0.15) is 9.65 Å². The summed E-state index contributed by atoms with van der Waals surface area (Å²) in [6.45, 7) is 3.30. The highest BCUT2D eigenvalue weighted by atomic mass is 79.9. The summed E-state index contributed by atoms with van der Waals surface area (Å²) in [7, 11) is 1.76. The molecule has 0 aliphatic carbocycles. The monoisotopic (exact) mass is 388 g/mol. The molecule has 0 aliphatic heterocycles. The number of hydrogen-bond donors (Lipinski definition) is 1. The molecule has 3 rings (SSSR count). The minimum Gasteiger partial charge on any atom is -0.508 e. The van der Waals surface area contributed by atoms with Crippen LogP contribution in [0.5, 0.6) is 5.75 Å². The van der Waals surface area contributed by atoms with Crippen LogP contribution in [-0.4, -0.2) is 9.67 Å². The molecule has 0 atom stereocenters. The van der Waals surface area contributed by atoms with Crippen molar-refractivity contribution in [3.63, 3.8) is 0 Å². The molecule has 4 nitrogen and oxygen atoms in total. The molecule has 0 spiro atoms. The Kier molecular flexibility index (Phi) is 3.98. The van der Waals surface area contributed by atoms with Crippen LogP contribution in [0.3, 0.4) is 0 Å². The third-order valence-corrected chi connectivity index (χ3v) is 5.03. The van der Waals surface area contributed by atoms with E-state index in [9.17, 15) is 14.8 Å². The number of nitrogens with zero attached hydrogens (tertiary/aromatic N) is 2. The molecule has 0 saturated heterocycles. The minimum atomic E-state index is -0.650. The second-order valence-corrected chi connectivity index (χ2v) is 6.29. The summed E-state index contributed by atoms with van der Waals surface area (Å²) in [5.41, 5.74) is 3.50. The Labute approximate surface area is 146 Å². The molecule has 122 valence electrons. The van der Waals surface area contributed by atoms with Crippen LogP contribution < -0.4 is 0 Å². The molecule has 1 aromatic carbocycles. The van der Waals surface area contributed by atoms with E-state index in [0.717, 1.165) is 11.1 Å². The minimum absolute atomic E-state index is 0.148. The number of aryl methyl sites for hydroxylation is 1. The lowest BCUT2D eigenvalue weighted by molar-refractivity contribution is 0.342. The van der Waals surface area contributed by atoms with Crippen molar-refractivity contribution >= 4 is 15.9 Å². The fourth-order valence-corrected chi connectivity index (χ4v) is 3.51. The molecule has 0 bridgehead atoms. The van der Waals surface area contributed by atoms with Gasteiger partial charge < -0.3 is 14.1 Å². The van der Waals surface area contributed by atoms with Gasteiger partial charge in [0, 0.05) is 29.3 Å². The van der Waals surface area contributed by atoms with Crippen molar-refractivity contribution in [3.05, 3.63) is 51.9 Å². The first-order valence-corrected chi connectivity index (χ1v) is 7.99. The molecule has 2 aromatic heterocycles. The Hall–Kier alpha value is -2.52. The van der Waals surface area contributed by atoms with Crippen LogP contribution in [0.1, 0.15) is 17.0 Å². The highest BCUT2D eigenvalue weighted by molar-refractivity contribution is 9.10. The molecule has 2 heterocycles. The summed E-state index contributed by atoms with van der Waals surface area (Å²) in [4.78, 5) is 0. The molecule has 0 amide bonds. The molecular formula is C18H14BrFN2O2. The number of phenols is 1. The first kappa shape index (κ1) is 16.3. The summed E-state index contributed by atoms with van der Waals surface area (Å²) in [6.07, 6.45) is 0. The molecule has 3 aromatic rings. The predicted molar refractivity (Wildman–Crippen MR) is 92.1 cm³/mol. The highest BCUT2D eigenvalue weighted by Gasteiger charge is 2.27. The van der Waals surface area contributed by atoms with E-state index < -0.39 is 6.01 Å². The van der Waals surface area contributed by atoms with Crippen LogP contribution in [0, 0.1) is 31.2 Å². The zero-order chi connectivity index (χ0) is 17.6. The molecule has 0 saturated carbocycles. The van der Waals surface area contributed by atoms with Crippen LogP contribution >= 0.6 is 15.9 Å². The Morgan fingerprint density at radius 3 is 2.29 bits per heavy atom. The van der Waals surface area contributed by atoms with Crippen molar-refractivity contribution in [3.8, 4) is 34.1 Å². The lowest BCUT2D eigenvalue weighted by atomic mass is 9.95. The lowest BCUT2D eigenvalue weighted by Crippen LogP contribution is -1.93. The Morgan fingerprint density at radius 2 is 1.79 bits per heavy atom. The molecule has 0 fully saturated rings. The summed E-state index contributed by atoms with van der Waals surface area (Å²) >= 11 is 3.53. The number of aromatic nitrogens is 1. The lowest BCUT2D eigenvalue weighted by Gasteiger charge is -2.07. The first-order chi connectivity index (χ1) is 11.4. The average molecular weight is 389 g/mol. The summed E-state index contributed by atoms with van der Waals surface area (Å²) in [5, 5.41) is 19.1. The van der Waals surface area contributed by atoms with Crippen LogP contribution in [-0.2, 0) is 7.05 Å². The van der Waals surface area contributed by atoms with Crippen LogP contribution in [0.2, 0.25) is 0 Å². The van der Waals surface area contributed by atoms with Gasteiger partial charge in [0.05, 0.1) is 4.60 Å². The number of furan rings is 1. The molecule has 0 unspecified atom stereocenters. The average Bonchev–Trinajstić information content (AvgIpc) is 2.94. The quantitative estimate of drug-likeness (QED) is 0.667. The van der Waals surface area contributed by atoms with Gasteiger partial charge in [-0.05, 0) is 47.5 Å². The fraction of sp³-hybridized carbons (Fsp3) is 0.167. The SMILES string of the molecule is Cc1oc(F)c(C)c1-c1c(-c2ccc(O)cc2)c(Br)n(C)c1C#N. The number of benzene rings is 1. The Morgan fingerprint density at radius 1 is 1.17 bits per heavy atom. The number of aromatic hydroxyl groups is 1. The van der Waals surface area contributed by atoms with E-state index in [4.69, 9.17) is 4.42 Å². The van der Waals surface area contributed by atoms with E-state index in [1.807, 2.05) is 0 Å². The smallest absolute Gasteiger partial charge is 0.281 e. The Balaban J connectivity index is 2.43. The summed E-state index contributed by atoms with van der Waals surface area (Å²) in [5.74, 6) is 0.564. The van der Waals surface area contributed by atoms with Crippen molar-refractivity contribution in [2.24, 2.45) is 7.05 Å². The second kappa shape index (κ2) is 5.84. The van der Waals surface area contributed by atoms with Gasteiger partial charge >= 0.3 is 0 Å². The van der Waals surface area contributed by atoms with E-state index >= 15 is 0 Å². The number of halogens is 2. The number of phenolic OH excluding ortho intramolecular Hbond substituents is 1. The third kappa shape index (κ3) is 2.33. The maximum atomic E-state index is 13.9. The second-order valence-electron chi connectivity index (χ2n) is 5.54. The molecule has 1 N–H and O–H groups in total. The Bertz CT molecular complexity index is 978. The van der Waals surface area contributed by atoms with Crippen molar-refractivity contribution in [1.82, 2.24) is 4.57 Å². The maximum absolute atomic E-state index is 13.9. The topological polar surface area (TPSA) is 62.1 Å². The van der Waals surface area contributed by atoms with Gasteiger partial charge in [-0.25, -0.2) is 0 Å². The van der Waals surface area contributed by atoms with Crippen molar-refractivity contribution in [2.45, 2.75) is 13.8 Å². The van der Waals surface area contributed by atoms with Crippen molar-refractivity contribution in [2.75, 3.05) is 0 Å². The zero-order valence-electron chi connectivity index (χ0n) is 13.3.